The SMILES string of the molecule is CCNC(=NCCCN1CCN(c2ccccc2Cl)CC1)NCC.I. The molecular formula is C18H31ClIN5. The maximum absolute atomic E-state index is 6.30. The Bertz CT molecular complexity index is 510. The van der Waals surface area contributed by atoms with Crippen molar-refractivity contribution >= 4 is 47.2 Å². The quantitative estimate of drug-likeness (QED) is 0.273. The fraction of sp³-hybridized carbons (Fsp3) is 0.611. The van der Waals surface area contributed by atoms with E-state index >= 15 is 0 Å². The molecule has 142 valence electrons. The van der Waals surface area contributed by atoms with Crippen molar-refractivity contribution in [2.24, 2.45) is 4.99 Å². The third-order valence-electron chi connectivity index (χ3n) is 4.16. The van der Waals surface area contributed by atoms with E-state index in [0.29, 0.717) is 0 Å². The molecule has 1 heterocycles. The first-order valence-corrected chi connectivity index (χ1v) is 9.36. The highest BCUT2D eigenvalue weighted by atomic mass is 127. The van der Waals surface area contributed by atoms with Crippen molar-refractivity contribution in [2.75, 3.05) is 57.3 Å². The molecule has 2 N–H and O–H groups in total. The van der Waals surface area contributed by atoms with E-state index < -0.39 is 0 Å². The minimum Gasteiger partial charge on any atom is -0.368 e. The predicted molar refractivity (Wildman–Crippen MR) is 120 cm³/mol. The zero-order valence-electron chi connectivity index (χ0n) is 15.3. The van der Waals surface area contributed by atoms with E-state index in [2.05, 4.69) is 51.4 Å². The first-order valence-electron chi connectivity index (χ1n) is 8.98. The number of hydrogen-bond acceptors (Lipinski definition) is 3. The minimum atomic E-state index is 0. The number of nitrogens with one attached hydrogen (secondary N) is 2. The molecule has 2 rings (SSSR count). The normalized spacial score (nSPS) is 14.6. The summed E-state index contributed by atoms with van der Waals surface area (Å²) in [5.41, 5.74) is 1.16. The fourth-order valence-electron chi connectivity index (χ4n) is 2.91. The largest absolute Gasteiger partial charge is 0.368 e. The highest BCUT2D eigenvalue weighted by Gasteiger charge is 2.18. The van der Waals surface area contributed by atoms with Gasteiger partial charge < -0.3 is 15.5 Å². The van der Waals surface area contributed by atoms with Gasteiger partial charge in [-0.15, -0.1) is 24.0 Å². The Hall–Kier alpha value is -0.730. The number of halogens is 2. The molecule has 1 saturated heterocycles. The van der Waals surface area contributed by atoms with Crippen LogP contribution in [0.15, 0.2) is 29.3 Å². The Labute approximate surface area is 174 Å². The summed E-state index contributed by atoms with van der Waals surface area (Å²) in [4.78, 5) is 9.50. The molecule has 7 heteroatoms. The highest BCUT2D eigenvalue weighted by Crippen LogP contribution is 2.25. The van der Waals surface area contributed by atoms with Crippen LogP contribution in [0.3, 0.4) is 0 Å². The second-order valence-electron chi connectivity index (χ2n) is 5.92. The third kappa shape index (κ3) is 7.58. The molecule has 0 amide bonds. The maximum Gasteiger partial charge on any atom is 0.191 e. The Kier molecular flexibility index (Phi) is 11.2. The maximum atomic E-state index is 6.30. The Morgan fingerprint density at radius 3 is 2.32 bits per heavy atom. The molecule has 0 aromatic heterocycles. The molecule has 0 bridgehead atoms. The van der Waals surface area contributed by atoms with Crippen molar-refractivity contribution in [1.82, 2.24) is 15.5 Å². The van der Waals surface area contributed by atoms with Crippen molar-refractivity contribution in [2.45, 2.75) is 20.3 Å². The number of rotatable bonds is 7. The number of benzene rings is 1. The van der Waals surface area contributed by atoms with Crippen LogP contribution in [0.2, 0.25) is 5.02 Å². The number of hydrogen-bond donors (Lipinski definition) is 2. The molecule has 1 aliphatic rings. The van der Waals surface area contributed by atoms with Gasteiger partial charge in [-0.1, -0.05) is 23.7 Å². The second-order valence-corrected chi connectivity index (χ2v) is 6.33. The first kappa shape index (κ1) is 22.3. The van der Waals surface area contributed by atoms with Gasteiger partial charge in [-0.25, -0.2) is 0 Å². The lowest BCUT2D eigenvalue weighted by Crippen LogP contribution is -2.46. The predicted octanol–water partition coefficient (Wildman–Crippen LogP) is 3.05. The Morgan fingerprint density at radius 2 is 1.72 bits per heavy atom. The number of para-hydroxylation sites is 1. The average molecular weight is 480 g/mol. The van der Waals surface area contributed by atoms with Crippen molar-refractivity contribution in [3.8, 4) is 0 Å². The lowest BCUT2D eigenvalue weighted by molar-refractivity contribution is 0.256. The molecular weight excluding hydrogens is 449 g/mol. The van der Waals surface area contributed by atoms with Gasteiger partial charge in [0.05, 0.1) is 10.7 Å². The molecule has 1 aromatic rings. The zero-order chi connectivity index (χ0) is 17.2. The van der Waals surface area contributed by atoms with Crippen LogP contribution in [0.4, 0.5) is 5.69 Å². The summed E-state index contributed by atoms with van der Waals surface area (Å²) in [6, 6.07) is 8.11. The fourth-order valence-corrected chi connectivity index (χ4v) is 3.17. The number of anilines is 1. The Balaban J connectivity index is 0.00000312. The number of guanidine groups is 1. The summed E-state index contributed by atoms with van der Waals surface area (Å²) in [7, 11) is 0. The van der Waals surface area contributed by atoms with E-state index in [0.717, 1.165) is 75.4 Å². The summed E-state index contributed by atoms with van der Waals surface area (Å²) in [6.07, 6.45) is 1.09. The van der Waals surface area contributed by atoms with E-state index in [4.69, 9.17) is 11.6 Å². The van der Waals surface area contributed by atoms with Crippen LogP contribution < -0.4 is 15.5 Å². The molecule has 5 nitrogen and oxygen atoms in total. The third-order valence-corrected chi connectivity index (χ3v) is 4.48. The molecule has 1 aromatic carbocycles. The summed E-state index contributed by atoms with van der Waals surface area (Å²) in [5, 5.41) is 7.36. The van der Waals surface area contributed by atoms with E-state index in [1.165, 1.54) is 0 Å². The molecule has 0 saturated carbocycles. The number of piperazine rings is 1. The van der Waals surface area contributed by atoms with Gasteiger partial charge in [-0.3, -0.25) is 9.89 Å². The molecule has 0 unspecified atom stereocenters. The van der Waals surface area contributed by atoms with Crippen molar-refractivity contribution < 1.29 is 0 Å². The van der Waals surface area contributed by atoms with Gasteiger partial charge in [0.25, 0.3) is 0 Å². The first-order chi connectivity index (χ1) is 11.7. The molecule has 0 spiro atoms. The molecule has 1 fully saturated rings. The van der Waals surface area contributed by atoms with Gasteiger partial charge in [-0.2, -0.15) is 0 Å². The second kappa shape index (κ2) is 12.6. The molecule has 25 heavy (non-hydrogen) atoms. The van der Waals surface area contributed by atoms with E-state index in [-0.39, 0.29) is 24.0 Å². The van der Waals surface area contributed by atoms with Crippen LogP contribution in [0.5, 0.6) is 0 Å². The van der Waals surface area contributed by atoms with Crippen molar-refractivity contribution in [1.29, 1.82) is 0 Å². The standard InChI is InChI=1S/C18H30ClN5.HI/c1-3-20-18(21-4-2)22-10-7-11-23-12-14-24(15-13-23)17-9-6-5-8-16(17)19;/h5-6,8-9H,3-4,7,10-15H2,1-2H3,(H2,20,21,22);1H. The number of aliphatic imine (C=N–C) groups is 1. The summed E-state index contributed by atoms with van der Waals surface area (Å²) < 4.78 is 0. The Morgan fingerprint density at radius 1 is 1.08 bits per heavy atom. The summed E-state index contributed by atoms with van der Waals surface area (Å²) in [5.74, 6) is 0.920. The molecule has 1 aliphatic heterocycles. The monoisotopic (exact) mass is 479 g/mol. The van der Waals surface area contributed by atoms with Crippen LogP contribution in [-0.2, 0) is 0 Å². The minimum absolute atomic E-state index is 0. The topological polar surface area (TPSA) is 42.9 Å². The van der Waals surface area contributed by atoms with E-state index in [9.17, 15) is 0 Å². The average Bonchev–Trinajstić information content (AvgIpc) is 2.60. The summed E-state index contributed by atoms with van der Waals surface area (Å²) >= 11 is 6.30. The van der Waals surface area contributed by atoms with Gasteiger partial charge in [0.1, 0.15) is 0 Å². The molecule has 0 atom stereocenters. The lowest BCUT2D eigenvalue weighted by atomic mass is 10.2. The van der Waals surface area contributed by atoms with E-state index in [1.807, 2.05) is 12.1 Å². The van der Waals surface area contributed by atoms with Gasteiger partial charge in [0.2, 0.25) is 0 Å². The van der Waals surface area contributed by atoms with Crippen LogP contribution in [0.25, 0.3) is 0 Å². The molecule has 0 radical (unpaired) electrons. The lowest BCUT2D eigenvalue weighted by Gasteiger charge is -2.36. The van der Waals surface area contributed by atoms with Crippen molar-refractivity contribution in [3.05, 3.63) is 29.3 Å². The van der Waals surface area contributed by atoms with Gasteiger partial charge in [-0.05, 0) is 32.4 Å². The van der Waals surface area contributed by atoms with Gasteiger partial charge in [0, 0.05) is 52.4 Å². The van der Waals surface area contributed by atoms with Gasteiger partial charge >= 0.3 is 0 Å². The van der Waals surface area contributed by atoms with Crippen molar-refractivity contribution in [3.63, 3.8) is 0 Å². The van der Waals surface area contributed by atoms with Crippen LogP contribution in [0.1, 0.15) is 20.3 Å². The van der Waals surface area contributed by atoms with Crippen LogP contribution in [0, 0.1) is 0 Å². The summed E-state index contributed by atoms with van der Waals surface area (Å²) in [6.45, 7) is 12.2. The van der Waals surface area contributed by atoms with Gasteiger partial charge in [0.15, 0.2) is 5.96 Å². The van der Waals surface area contributed by atoms with E-state index in [1.54, 1.807) is 0 Å². The van der Waals surface area contributed by atoms with Crippen LogP contribution >= 0.6 is 35.6 Å². The smallest absolute Gasteiger partial charge is 0.191 e. The molecule has 0 aliphatic carbocycles. The number of nitrogens with zero attached hydrogens (tertiary/aromatic N) is 3. The zero-order valence-corrected chi connectivity index (χ0v) is 18.4. The van der Waals surface area contributed by atoms with Crippen LogP contribution in [-0.4, -0.2) is 63.2 Å². The highest BCUT2D eigenvalue weighted by molar-refractivity contribution is 14.0.